The van der Waals surface area contributed by atoms with Crippen LogP contribution in [0.2, 0.25) is 5.02 Å². The number of aromatic nitrogens is 5. The van der Waals surface area contributed by atoms with Crippen LogP contribution in [-0.4, -0.2) is 36.6 Å². The Hall–Kier alpha value is -2.24. The molecule has 1 N–H and O–H groups in total. The van der Waals surface area contributed by atoms with E-state index in [-0.39, 0.29) is 16.7 Å². The Labute approximate surface area is 173 Å². The number of rotatable bonds is 8. The molecule has 0 saturated heterocycles. The number of hydrogen-bond acceptors (Lipinski definition) is 8. The Morgan fingerprint density at radius 3 is 2.93 bits per heavy atom. The molecule has 1 atom stereocenters. The second kappa shape index (κ2) is 9.30. The summed E-state index contributed by atoms with van der Waals surface area (Å²) in [7, 11) is 0. The lowest BCUT2D eigenvalue weighted by molar-refractivity contribution is -0.113. The summed E-state index contributed by atoms with van der Waals surface area (Å²) in [5.41, 5.74) is 1.54. The summed E-state index contributed by atoms with van der Waals surface area (Å²) in [5.74, 6) is 0.432. The van der Waals surface area contributed by atoms with E-state index >= 15 is 0 Å². The standard InChI is InChI=1S/C16H16ClFN6O2S2/c1-3-24-14(9(2)26-12-5-4-10(18)6-11(12)17)21-23-16(24)27-7-13(25)20-15-22-19-8-28-15/h4-6,8-9H,3,7H2,1-2H3,(H,20,22,25). The third-order valence-corrected chi connectivity index (χ3v) is 5.43. The van der Waals surface area contributed by atoms with E-state index in [0.717, 1.165) is 0 Å². The number of benzene rings is 1. The lowest BCUT2D eigenvalue weighted by Gasteiger charge is -2.16. The number of ether oxygens (including phenoxy) is 1. The van der Waals surface area contributed by atoms with Crippen molar-refractivity contribution in [3.63, 3.8) is 0 Å². The number of amides is 1. The molecule has 0 fully saturated rings. The molecule has 8 nitrogen and oxygen atoms in total. The van der Waals surface area contributed by atoms with Gasteiger partial charge in [-0.25, -0.2) is 4.39 Å². The van der Waals surface area contributed by atoms with E-state index in [0.29, 0.717) is 28.4 Å². The predicted molar refractivity (Wildman–Crippen MR) is 105 cm³/mol. The van der Waals surface area contributed by atoms with Crippen molar-refractivity contribution in [3.8, 4) is 5.75 Å². The molecule has 0 aliphatic heterocycles. The van der Waals surface area contributed by atoms with Gasteiger partial charge in [0, 0.05) is 6.54 Å². The Balaban J connectivity index is 1.66. The summed E-state index contributed by atoms with van der Waals surface area (Å²) in [6.07, 6.45) is -0.472. The van der Waals surface area contributed by atoms with Gasteiger partial charge in [0.05, 0.1) is 10.8 Å². The molecule has 1 amide bonds. The highest BCUT2D eigenvalue weighted by Gasteiger charge is 2.20. The molecule has 0 radical (unpaired) electrons. The first-order chi connectivity index (χ1) is 13.5. The van der Waals surface area contributed by atoms with Gasteiger partial charge in [0.25, 0.3) is 0 Å². The fourth-order valence-corrected chi connectivity index (χ4v) is 3.81. The minimum Gasteiger partial charge on any atom is -0.481 e. The first-order valence-electron chi connectivity index (χ1n) is 8.21. The summed E-state index contributed by atoms with van der Waals surface area (Å²) in [6.45, 7) is 4.33. The summed E-state index contributed by atoms with van der Waals surface area (Å²) in [6, 6.07) is 3.93. The highest BCUT2D eigenvalue weighted by molar-refractivity contribution is 7.99. The molecule has 1 aromatic carbocycles. The molecule has 148 valence electrons. The average molecular weight is 443 g/mol. The van der Waals surface area contributed by atoms with Crippen LogP contribution in [0, 0.1) is 5.82 Å². The van der Waals surface area contributed by atoms with Crippen LogP contribution >= 0.6 is 34.7 Å². The van der Waals surface area contributed by atoms with Crippen molar-refractivity contribution in [1.82, 2.24) is 25.0 Å². The number of nitrogens with one attached hydrogen (secondary N) is 1. The van der Waals surface area contributed by atoms with Gasteiger partial charge >= 0.3 is 0 Å². The topological polar surface area (TPSA) is 94.8 Å². The minimum absolute atomic E-state index is 0.150. The molecule has 0 aliphatic rings. The lowest BCUT2D eigenvalue weighted by Crippen LogP contribution is -2.15. The summed E-state index contributed by atoms with van der Waals surface area (Å²) in [4.78, 5) is 12.0. The second-order valence-electron chi connectivity index (χ2n) is 5.50. The van der Waals surface area contributed by atoms with Gasteiger partial charge in [-0.15, -0.1) is 20.4 Å². The van der Waals surface area contributed by atoms with Crippen LogP contribution in [0.5, 0.6) is 5.75 Å². The number of thioether (sulfide) groups is 1. The molecule has 0 spiro atoms. The maximum atomic E-state index is 13.2. The maximum absolute atomic E-state index is 13.2. The normalized spacial score (nSPS) is 12.0. The first kappa shape index (κ1) is 20.5. The second-order valence-corrected chi connectivity index (χ2v) is 7.68. The molecule has 0 bridgehead atoms. The fraction of sp³-hybridized carbons (Fsp3) is 0.312. The van der Waals surface area contributed by atoms with Crippen molar-refractivity contribution in [2.75, 3.05) is 11.1 Å². The van der Waals surface area contributed by atoms with Crippen LogP contribution in [0.25, 0.3) is 0 Å². The minimum atomic E-state index is -0.472. The molecule has 28 heavy (non-hydrogen) atoms. The molecule has 2 heterocycles. The number of carbonyl (C=O) groups is 1. The maximum Gasteiger partial charge on any atom is 0.236 e. The smallest absolute Gasteiger partial charge is 0.236 e. The zero-order valence-corrected chi connectivity index (χ0v) is 17.3. The number of halogens is 2. The number of anilines is 1. The van der Waals surface area contributed by atoms with Crippen molar-refractivity contribution in [3.05, 3.63) is 40.4 Å². The van der Waals surface area contributed by atoms with Crippen LogP contribution < -0.4 is 10.1 Å². The molecule has 2 aromatic heterocycles. The Morgan fingerprint density at radius 2 is 2.25 bits per heavy atom. The largest absolute Gasteiger partial charge is 0.481 e. The molecular formula is C16H16ClFN6O2S2. The third-order valence-electron chi connectivity index (χ3n) is 3.56. The first-order valence-corrected chi connectivity index (χ1v) is 10.5. The van der Waals surface area contributed by atoms with Crippen LogP contribution in [0.4, 0.5) is 9.52 Å². The SMILES string of the molecule is CCn1c(SCC(=O)Nc2nncs2)nnc1C(C)Oc1ccc(F)cc1Cl. The number of nitrogens with zero attached hydrogens (tertiary/aromatic N) is 5. The zero-order chi connectivity index (χ0) is 20.1. The van der Waals surface area contributed by atoms with Crippen molar-refractivity contribution < 1.29 is 13.9 Å². The van der Waals surface area contributed by atoms with E-state index in [1.54, 1.807) is 6.92 Å². The number of hydrogen-bond donors (Lipinski definition) is 1. The Kier molecular flexibility index (Phi) is 6.81. The molecule has 0 saturated carbocycles. The third kappa shape index (κ3) is 4.97. The Morgan fingerprint density at radius 1 is 1.43 bits per heavy atom. The van der Waals surface area contributed by atoms with Gasteiger partial charge in [-0.2, -0.15) is 0 Å². The van der Waals surface area contributed by atoms with E-state index in [1.807, 2.05) is 11.5 Å². The highest BCUT2D eigenvalue weighted by atomic mass is 35.5. The van der Waals surface area contributed by atoms with Gasteiger partial charge < -0.3 is 9.30 Å². The van der Waals surface area contributed by atoms with E-state index < -0.39 is 11.9 Å². The van der Waals surface area contributed by atoms with Gasteiger partial charge in [0.2, 0.25) is 11.0 Å². The zero-order valence-electron chi connectivity index (χ0n) is 14.9. The van der Waals surface area contributed by atoms with E-state index in [4.69, 9.17) is 16.3 Å². The van der Waals surface area contributed by atoms with Gasteiger partial charge in [-0.1, -0.05) is 34.7 Å². The highest BCUT2D eigenvalue weighted by Crippen LogP contribution is 2.30. The Bertz CT molecular complexity index is 953. The van der Waals surface area contributed by atoms with Gasteiger partial charge in [0.1, 0.15) is 17.1 Å². The summed E-state index contributed by atoms with van der Waals surface area (Å²) >= 11 is 8.52. The van der Waals surface area contributed by atoms with Gasteiger partial charge in [-0.05, 0) is 32.0 Å². The van der Waals surface area contributed by atoms with E-state index in [9.17, 15) is 9.18 Å². The molecule has 0 aliphatic carbocycles. The monoisotopic (exact) mass is 442 g/mol. The van der Waals surface area contributed by atoms with Crippen molar-refractivity contribution in [2.24, 2.45) is 0 Å². The number of carbonyl (C=O) groups excluding carboxylic acids is 1. The fourth-order valence-electron chi connectivity index (χ4n) is 2.33. The van der Waals surface area contributed by atoms with Crippen LogP contribution in [0.15, 0.2) is 28.9 Å². The lowest BCUT2D eigenvalue weighted by atomic mass is 10.3. The molecule has 3 rings (SSSR count). The molecule has 3 aromatic rings. The molecule has 1 unspecified atom stereocenters. The van der Waals surface area contributed by atoms with Crippen LogP contribution in [0.3, 0.4) is 0 Å². The van der Waals surface area contributed by atoms with Crippen LogP contribution in [0.1, 0.15) is 25.8 Å². The van der Waals surface area contributed by atoms with E-state index in [2.05, 4.69) is 25.7 Å². The van der Waals surface area contributed by atoms with E-state index in [1.165, 1.54) is 46.8 Å². The van der Waals surface area contributed by atoms with Crippen molar-refractivity contribution in [1.29, 1.82) is 0 Å². The summed E-state index contributed by atoms with van der Waals surface area (Å²) < 4.78 is 20.9. The average Bonchev–Trinajstić information content (AvgIpc) is 3.31. The molecular weight excluding hydrogens is 427 g/mol. The predicted octanol–water partition coefficient (Wildman–Crippen LogP) is 3.81. The van der Waals surface area contributed by atoms with Crippen molar-refractivity contribution >= 4 is 45.7 Å². The summed E-state index contributed by atoms with van der Waals surface area (Å²) in [5, 5.41) is 19.6. The van der Waals surface area contributed by atoms with Gasteiger partial charge in [-0.3, -0.25) is 10.1 Å². The quantitative estimate of drug-likeness (QED) is 0.530. The van der Waals surface area contributed by atoms with Gasteiger partial charge in [0.15, 0.2) is 17.1 Å². The molecule has 12 heteroatoms. The van der Waals surface area contributed by atoms with Crippen LogP contribution in [-0.2, 0) is 11.3 Å². The van der Waals surface area contributed by atoms with Crippen molar-refractivity contribution in [2.45, 2.75) is 31.7 Å².